The van der Waals surface area contributed by atoms with Gasteiger partial charge in [-0.3, -0.25) is 0 Å². The number of benzene rings is 1. The van der Waals surface area contributed by atoms with Gasteiger partial charge < -0.3 is 19.3 Å². The minimum atomic E-state index is -1.76. The maximum atomic E-state index is 14.5. The lowest BCUT2D eigenvalue weighted by Crippen LogP contribution is -2.21. The molecule has 0 saturated heterocycles. The van der Waals surface area contributed by atoms with Crippen LogP contribution in [0.3, 0.4) is 0 Å². The summed E-state index contributed by atoms with van der Waals surface area (Å²) >= 11 is 0. The summed E-state index contributed by atoms with van der Waals surface area (Å²) < 4.78 is 30.4. The van der Waals surface area contributed by atoms with Crippen LogP contribution in [0.1, 0.15) is 44.4 Å². The van der Waals surface area contributed by atoms with E-state index >= 15 is 0 Å². The summed E-state index contributed by atoms with van der Waals surface area (Å²) in [6, 6.07) is 2.94. The average Bonchev–Trinajstić information content (AvgIpc) is 2.69. The Balaban J connectivity index is 2.50. The van der Waals surface area contributed by atoms with Gasteiger partial charge in [0, 0.05) is 12.0 Å². The van der Waals surface area contributed by atoms with Crippen molar-refractivity contribution in [2.45, 2.75) is 39.0 Å². The zero-order valence-electron chi connectivity index (χ0n) is 13.0. The lowest BCUT2D eigenvalue weighted by molar-refractivity contribution is -0.153. The van der Waals surface area contributed by atoms with Gasteiger partial charge in [-0.15, -0.1) is 0 Å². The van der Waals surface area contributed by atoms with Crippen LogP contribution < -0.4 is 9.47 Å². The van der Waals surface area contributed by atoms with E-state index in [0.717, 1.165) is 0 Å². The Hall–Kier alpha value is -1.82. The monoisotopic (exact) mass is 312 g/mol. The molecular weight excluding hydrogens is 291 g/mol. The third-order valence-corrected chi connectivity index (χ3v) is 3.36. The van der Waals surface area contributed by atoms with Crippen molar-refractivity contribution in [2.75, 3.05) is 19.8 Å². The number of carbonyl (C=O) groups is 1. The molecule has 1 atom stereocenters. The predicted octanol–water partition coefficient (Wildman–Crippen LogP) is 2.65. The van der Waals surface area contributed by atoms with E-state index in [1.807, 2.05) is 0 Å². The van der Waals surface area contributed by atoms with E-state index < -0.39 is 17.7 Å². The Labute approximate surface area is 129 Å². The number of aliphatic hydroxyl groups is 1. The minimum absolute atomic E-state index is 0.134. The normalized spacial score (nSPS) is 15.9. The van der Waals surface area contributed by atoms with Gasteiger partial charge in [0.25, 0.3) is 0 Å². The zero-order valence-corrected chi connectivity index (χ0v) is 13.0. The third kappa shape index (κ3) is 3.50. The fourth-order valence-electron chi connectivity index (χ4n) is 2.31. The minimum Gasteiger partial charge on any atom is -0.490 e. The number of rotatable bonds is 4. The van der Waals surface area contributed by atoms with Crippen LogP contribution in [0.15, 0.2) is 12.1 Å². The summed E-state index contributed by atoms with van der Waals surface area (Å²) in [6.07, 6.45) is -0.860. The lowest BCUT2D eigenvalue weighted by atomic mass is 9.91. The molecule has 1 unspecified atom stereocenters. The number of alkyl halides is 1. The number of halogens is 1. The first-order chi connectivity index (χ1) is 10.3. The number of carbonyl (C=O) groups excluding carboxylic acids is 1. The van der Waals surface area contributed by atoms with Gasteiger partial charge >= 0.3 is 5.97 Å². The van der Waals surface area contributed by atoms with Crippen LogP contribution in [0.25, 0.3) is 0 Å². The Bertz CT molecular complexity index is 550. The molecule has 0 spiro atoms. The lowest BCUT2D eigenvalue weighted by Gasteiger charge is -2.23. The van der Waals surface area contributed by atoms with Gasteiger partial charge in [-0.05, 0) is 38.5 Å². The van der Waals surface area contributed by atoms with E-state index in [9.17, 15) is 14.3 Å². The molecule has 0 saturated carbocycles. The van der Waals surface area contributed by atoms with Gasteiger partial charge in [0.1, 0.15) is 5.67 Å². The average molecular weight is 312 g/mol. The molecule has 1 aromatic carbocycles. The molecule has 0 bridgehead atoms. The van der Waals surface area contributed by atoms with Crippen molar-refractivity contribution in [3.8, 4) is 11.5 Å². The quantitative estimate of drug-likeness (QED) is 0.866. The summed E-state index contributed by atoms with van der Waals surface area (Å²) in [5.41, 5.74) is -1.44. The molecule has 0 amide bonds. The maximum Gasteiger partial charge on any atom is 0.339 e. The SMILES string of the molecule is CCOC(=O)C(O)c1cc2c(cc1C(C)(C)F)OCCCO2. The van der Waals surface area contributed by atoms with Crippen molar-refractivity contribution < 1.29 is 28.5 Å². The van der Waals surface area contributed by atoms with Crippen molar-refractivity contribution in [1.29, 1.82) is 0 Å². The highest BCUT2D eigenvalue weighted by atomic mass is 19.1. The molecule has 1 heterocycles. The second-order valence-corrected chi connectivity index (χ2v) is 5.56. The zero-order chi connectivity index (χ0) is 16.3. The van der Waals surface area contributed by atoms with Crippen LogP contribution in [-0.4, -0.2) is 30.9 Å². The molecule has 2 rings (SSSR count). The first-order valence-corrected chi connectivity index (χ1v) is 7.32. The van der Waals surface area contributed by atoms with E-state index in [0.29, 0.717) is 31.1 Å². The molecule has 0 aliphatic carbocycles. The van der Waals surface area contributed by atoms with E-state index in [1.165, 1.54) is 26.0 Å². The summed E-state index contributed by atoms with van der Waals surface area (Å²) in [7, 11) is 0. The van der Waals surface area contributed by atoms with Gasteiger partial charge in [-0.2, -0.15) is 0 Å². The van der Waals surface area contributed by atoms with E-state index in [-0.39, 0.29) is 17.7 Å². The fraction of sp³-hybridized carbons (Fsp3) is 0.562. The number of aliphatic hydroxyl groups excluding tert-OH is 1. The van der Waals surface area contributed by atoms with Crippen molar-refractivity contribution >= 4 is 5.97 Å². The number of hydrogen-bond donors (Lipinski definition) is 1. The summed E-state index contributed by atoms with van der Waals surface area (Å²) in [5, 5.41) is 10.2. The number of esters is 1. The highest BCUT2D eigenvalue weighted by molar-refractivity contribution is 5.77. The first kappa shape index (κ1) is 16.5. The molecule has 5 nitrogen and oxygen atoms in total. The van der Waals surface area contributed by atoms with Crippen LogP contribution in [-0.2, 0) is 15.2 Å². The fourth-order valence-corrected chi connectivity index (χ4v) is 2.31. The molecule has 0 radical (unpaired) electrons. The number of hydrogen-bond acceptors (Lipinski definition) is 5. The standard InChI is InChI=1S/C16H21FO5/c1-4-20-15(19)14(18)10-8-12-13(22-7-5-6-21-12)9-11(10)16(2,3)17/h8-9,14,18H,4-7H2,1-3H3. The molecule has 22 heavy (non-hydrogen) atoms. The van der Waals surface area contributed by atoms with Crippen LogP contribution in [0, 0.1) is 0 Å². The number of fused-ring (bicyclic) bond motifs is 1. The Morgan fingerprint density at radius 1 is 1.36 bits per heavy atom. The van der Waals surface area contributed by atoms with Gasteiger partial charge in [0.15, 0.2) is 17.6 Å². The summed E-state index contributed by atoms with van der Waals surface area (Å²) in [5.74, 6) is -0.00984. The third-order valence-electron chi connectivity index (χ3n) is 3.36. The van der Waals surface area contributed by atoms with Crippen molar-refractivity contribution in [1.82, 2.24) is 0 Å². The highest BCUT2D eigenvalue weighted by Crippen LogP contribution is 2.40. The summed E-state index contributed by atoms with van der Waals surface area (Å²) in [4.78, 5) is 11.8. The van der Waals surface area contributed by atoms with Crippen molar-refractivity contribution in [3.63, 3.8) is 0 Å². The maximum absolute atomic E-state index is 14.5. The molecule has 0 fully saturated rings. The van der Waals surface area contributed by atoms with Crippen molar-refractivity contribution in [3.05, 3.63) is 23.3 Å². The van der Waals surface area contributed by atoms with Crippen LogP contribution in [0.4, 0.5) is 4.39 Å². The van der Waals surface area contributed by atoms with Gasteiger partial charge in [0.05, 0.1) is 19.8 Å². The topological polar surface area (TPSA) is 65.0 Å². The molecule has 122 valence electrons. The van der Waals surface area contributed by atoms with E-state index in [4.69, 9.17) is 14.2 Å². The van der Waals surface area contributed by atoms with E-state index in [2.05, 4.69) is 0 Å². The van der Waals surface area contributed by atoms with Gasteiger partial charge in [-0.25, -0.2) is 9.18 Å². The van der Waals surface area contributed by atoms with Crippen molar-refractivity contribution in [2.24, 2.45) is 0 Å². The smallest absolute Gasteiger partial charge is 0.339 e. The largest absolute Gasteiger partial charge is 0.490 e. The highest BCUT2D eigenvalue weighted by Gasteiger charge is 2.32. The second kappa shape index (κ2) is 6.52. The van der Waals surface area contributed by atoms with Crippen LogP contribution in [0.5, 0.6) is 11.5 Å². The Morgan fingerprint density at radius 2 is 1.95 bits per heavy atom. The molecule has 1 aromatic rings. The Kier molecular flexibility index (Phi) is 4.90. The van der Waals surface area contributed by atoms with E-state index in [1.54, 1.807) is 6.92 Å². The number of ether oxygens (including phenoxy) is 3. The molecule has 6 heteroatoms. The molecule has 1 N–H and O–H groups in total. The first-order valence-electron chi connectivity index (χ1n) is 7.32. The molecule has 0 aromatic heterocycles. The second-order valence-electron chi connectivity index (χ2n) is 5.56. The van der Waals surface area contributed by atoms with Gasteiger partial charge in [-0.1, -0.05) is 0 Å². The van der Waals surface area contributed by atoms with Crippen LogP contribution >= 0.6 is 0 Å². The predicted molar refractivity (Wildman–Crippen MR) is 77.8 cm³/mol. The Morgan fingerprint density at radius 3 is 2.50 bits per heavy atom. The van der Waals surface area contributed by atoms with Crippen LogP contribution in [0.2, 0.25) is 0 Å². The van der Waals surface area contributed by atoms with Gasteiger partial charge in [0.2, 0.25) is 0 Å². The molecule has 1 aliphatic heterocycles. The molecular formula is C16H21FO5. The summed E-state index contributed by atoms with van der Waals surface area (Å²) in [6.45, 7) is 5.41. The molecule has 1 aliphatic rings.